The van der Waals surface area contributed by atoms with Crippen molar-refractivity contribution in [1.29, 1.82) is 0 Å². The van der Waals surface area contributed by atoms with Crippen molar-refractivity contribution < 1.29 is 19.5 Å². The summed E-state index contributed by atoms with van der Waals surface area (Å²) in [5.41, 5.74) is -0.0299. The molecule has 1 fully saturated rings. The van der Waals surface area contributed by atoms with Gasteiger partial charge in [0.25, 0.3) is 5.91 Å². The second-order valence-corrected chi connectivity index (χ2v) is 5.29. The van der Waals surface area contributed by atoms with E-state index < -0.39 is 17.9 Å². The number of nitrogens with zero attached hydrogens (tertiary/aromatic N) is 1. The summed E-state index contributed by atoms with van der Waals surface area (Å²) in [6.07, 6.45) is 0.453. The van der Waals surface area contributed by atoms with Gasteiger partial charge in [-0.2, -0.15) is 0 Å². The summed E-state index contributed by atoms with van der Waals surface area (Å²) in [6, 6.07) is -0.613. The van der Waals surface area contributed by atoms with Crippen LogP contribution in [0.15, 0.2) is 10.2 Å². The topological polar surface area (TPSA) is 86.7 Å². The van der Waals surface area contributed by atoms with Crippen molar-refractivity contribution in [2.45, 2.75) is 11.4 Å². The molecule has 8 heteroatoms. The van der Waals surface area contributed by atoms with Crippen LogP contribution < -0.4 is 5.32 Å². The fraction of sp³-hybridized carbons (Fsp3) is 0.375. The highest BCUT2D eigenvalue weighted by molar-refractivity contribution is 9.11. The summed E-state index contributed by atoms with van der Waals surface area (Å²) >= 11 is 4.55. The number of nitrogens with one attached hydrogen (secondary N) is 1. The first-order valence-electron chi connectivity index (χ1n) is 4.34. The van der Waals surface area contributed by atoms with Crippen molar-refractivity contribution in [3.05, 3.63) is 10.2 Å². The Morgan fingerprint density at radius 2 is 2.38 bits per heavy atom. The van der Waals surface area contributed by atoms with Crippen LogP contribution in [-0.4, -0.2) is 45.5 Å². The molecule has 0 aliphatic carbocycles. The van der Waals surface area contributed by atoms with Crippen LogP contribution in [0.2, 0.25) is 0 Å². The zero-order chi connectivity index (χ0) is 11.9. The molecule has 16 heavy (non-hydrogen) atoms. The van der Waals surface area contributed by atoms with E-state index in [9.17, 15) is 14.4 Å². The van der Waals surface area contributed by atoms with E-state index in [1.807, 2.05) is 0 Å². The van der Waals surface area contributed by atoms with Crippen LogP contribution in [0.3, 0.4) is 0 Å². The number of amides is 2. The Morgan fingerprint density at radius 3 is 2.94 bits per heavy atom. The number of fused-ring (bicyclic) bond motifs is 1. The van der Waals surface area contributed by atoms with Crippen LogP contribution in [0.25, 0.3) is 0 Å². The number of carboxylic acids is 1. The normalized spacial score (nSPS) is 28.3. The number of carboxylic acid groups (broad SMARTS) is 1. The van der Waals surface area contributed by atoms with Gasteiger partial charge >= 0.3 is 5.97 Å². The minimum Gasteiger partial charge on any atom is -0.477 e. The Labute approximate surface area is 103 Å². The molecular formula is C8H7BrN2O4S. The van der Waals surface area contributed by atoms with Crippen LogP contribution in [0.5, 0.6) is 0 Å². The maximum absolute atomic E-state index is 11.6. The van der Waals surface area contributed by atoms with Gasteiger partial charge in [-0.25, -0.2) is 4.79 Å². The van der Waals surface area contributed by atoms with Gasteiger partial charge in [-0.1, -0.05) is 15.9 Å². The van der Waals surface area contributed by atoms with Gasteiger partial charge in [0.15, 0.2) is 0 Å². The summed E-state index contributed by atoms with van der Waals surface area (Å²) in [5, 5.41) is 11.1. The SMILES string of the molecule is O=CNC1C(=O)N2C(C(=O)O)=C(Br)CS[C@H]12. The molecule has 1 unspecified atom stereocenters. The summed E-state index contributed by atoms with van der Waals surface area (Å²) in [7, 11) is 0. The lowest BCUT2D eigenvalue weighted by atomic mass is 10.1. The Balaban J connectivity index is 2.27. The van der Waals surface area contributed by atoms with Gasteiger partial charge < -0.3 is 10.4 Å². The first-order chi connectivity index (χ1) is 7.57. The molecular weight excluding hydrogens is 300 g/mol. The highest BCUT2D eigenvalue weighted by Crippen LogP contribution is 2.41. The Morgan fingerprint density at radius 1 is 1.69 bits per heavy atom. The Hall–Kier alpha value is -1.02. The molecule has 0 radical (unpaired) electrons. The molecule has 0 aromatic rings. The van der Waals surface area contributed by atoms with E-state index >= 15 is 0 Å². The Bertz CT molecular complexity index is 411. The first-order valence-corrected chi connectivity index (χ1v) is 6.18. The van der Waals surface area contributed by atoms with Crippen LogP contribution in [0.1, 0.15) is 0 Å². The molecule has 2 aliphatic heterocycles. The van der Waals surface area contributed by atoms with E-state index in [-0.39, 0.29) is 11.1 Å². The zero-order valence-electron chi connectivity index (χ0n) is 7.84. The van der Waals surface area contributed by atoms with Gasteiger partial charge in [-0.05, 0) is 0 Å². The summed E-state index contributed by atoms with van der Waals surface area (Å²) in [5.74, 6) is -1.05. The number of thioether (sulfide) groups is 1. The fourth-order valence-electron chi connectivity index (χ4n) is 1.68. The second-order valence-electron chi connectivity index (χ2n) is 3.23. The molecule has 2 aliphatic rings. The molecule has 6 nitrogen and oxygen atoms in total. The first kappa shape index (κ1) is 11.5. The van der Waals surface area contributed by atoms with E-state index in [2.05, 4.69) is 21.2 Å². The predicted molar refractivity (Wildman–Crippen MR) is 59.7 cm³/mol. The number of hydrogen-bond acceptors (Lipinski definition) is 4. The number of hydrogen-bond donors (Lipinski definition) is 2. The van der Waals surface area contributed by atoms with E-state index in [1.54, 1.807) is 0 Å². The van der Waals surface area contributed by atoms with Gasteiger partial charge in [-0.3, -0.25) is 14.5 Å². The van der Waals surface area contributed by atoms with Crippen molar-refractivity contribution in [3.63, 3.8) is 0 Å². The van der Waals surface area contributed by atoms with E-state index in [0.29, 0.717) is 16.6 Å². The van der Waals surface area contributed by atoms with Crippen LogP contribution in [-0.2, 0) is 14.4 Å². The minimum absolute atomic E-state index is 0.0299. The molecule has 0 bridgehead atoms. The molecule has 2 amide bonds. The Kier molecular flexibility index (Phi) is 2.94. The largest absolute Gasteiger partial charge is 0.477 e. The maximum Gasteiger partial charge on any atom is 0.353 e. The zero-order valence-corrected chi connectivity index (χ0v) is 10.2. The molecule has 0 aromatic carbocycles. The smallest absolute Gasteiger partial charge is 0.353 e. The monoisotopic (exact) mass is 306 g/mol. The number of halogens is 1. The number of aliphatic carboxylic acids is 1. The van der Waals surface area contributed by atoms with Gasteiger partial charge in [0, 0.05) is 10.2 Å². The van der Waals surface area contributed by atoms with E-state index in [0.717, 1.165) is 0 Å². The average Bonchev–Trinajstić information content (AvgIpc) is 2.25. The van der Waals surface area contributed by atoms with Crippen molar-refractivity contribution in [2.24, 2.45) is 0 Å². The number of carbonyl (C=O) groups excluding carboxylic acids is 2. The standard InChI is InChI=1S/C8H7BrN2O4S/c9-3-1-16-7-4(10-2-12)6(13)11(7)5(3)8(14)15/h2,4,7H,1H2,(H,10,12)(H,14,15)/t4?,7-/m1/s1. The number of rotatable bonds is 3. The van der Waals surface area contributed by atoms with Gasteiger partial charge in [0.2, 0.25) is 6.41 Å². The lowest BCUT2D eigenvalue weighted by molar-refractivity contribution is -0.149. The molecule has 0 saturated carbocycles. The summed E-state index contributed by atoms with van der Waals surface area (Å²) < 4.78 is 0.485. The van der Waals surface area contributed by atoms with E-state index in [4.69, 9.17) is 5.11 Å². The van der Waals surface area contributed by atoms with Crippen LogP contribution in [0, 0.1) is 0 Å². The fourth-order valence-corrected chi connectivity index (χ4v) is 3.63. The van der Waals surface area contributed by atoms with Gasteiger partial charge in [-0.15, -0.1) is 11.8 Å². The molecule has 2 atom stereocenters. The highest BCUT2D eigenvalue weighted by Gasteiger charge is 2.53. The van der Waals surface area contributed by atoms with E-state index in [1.165, 1.54) is 16.7 Å². The third kappa shape index (κ3) is 1.52. The highest BCUT2D eigenvalue weighted by atomic mass is 79.9. The van der Waals surface area contributed by atoms with Crippen molar-refractivity contribution in [1.82, 2.24) is 10.2 Å². The molecule has 0 spiro atoms. The van der Waals surface area contributed by atoms with Crippen molar-refractivity contribution in [3.8, 4) is 0 Å². The van der Waals surface area contributed by atoms with Crippen molar-refractivity contribution >= 4 is 46.0 Å². The quantitative estimate of drug-likeness (QED) is 0.552. The second kappa shape index (κ2) is 4.10. The third-order valence-electron chi connectivity index (χ3n) is 2.37. The van der Waals surface area contributed by atoms with Gasteiger partial charge in [0.05, 0.1) is 0 Å². The van der Waals surface area contributed by atoms with Gasteiger partial charge in [0.1, 0.15) is 17.1 Å². The maximum atomic E-state index is 11.6. The molecule has 86 valence electrons. The van der Waals surface area contributed by atoms with Crippen LogP contribution >= 0.6 is 27.7 Å². The lowest BCUT2D eigenvalue weighted by Gasteiger charge is -2.48. The molecule has 2 rings (SSSR count). The molecule has 0 aromatic heterocycles. The van der Waals surface area contributed by atoms with Crippen molar-refractivity contribution in [2.75, 3.05) is 5.75 Å². The number of β-lactam (4-membered cyclic amide) rings is 1. The average molecular weight is 307 g/mol. The molecule has 2 heterocycles. The summed E-state index contributed by atoms with van der Waals surface area (Å²) in [6.45, 7) is 0. The van der Waals surface area contributed by atoms with Crippen LogP contribution in [0.4, 0.5) is 0 Å². The predicted octanol–water partition coefficient (Wildman–Crippen LogP) is -0.293. The summed E-state index contributed by atoms with van der Waals surface area (Å²) in [4.78, 5) is 34.1. The third-order valence-corrected chi connectivity index (χ3v) is 4.68. The molecule has 1 saturated heterocycles. The number of carbonyl (C=O) groups is 3. The minimum atomic E-state index is -1.14. The molecule has 2 N–H and O–H groups in total. The lowest BCUT2D eigenvalue weighted by Crippen LogP contribution is -2.69.